The topological polar surface area (TPSA) is 69.0 Å². The molecule has 0 radical (unpaired) electrons. The number of hydrogen-bond acceptors (Lipinski definition) is 4. The lowest BCUT2D eigenvalue weighted by molar-refractivity contribution is 0.0932. The van der Waals surface area contributed by atoms with Crippen LogP contribution in [-0.2, 0) is 6.54 Å². The fraction of sp³-hybridized carbons (Fsp3) is 0.357. The van der Waals surface area contributed by atoms with Crippen molar-refractivity contribution < 1.29 is 9.53 Å². The summed E-state index contributed by atoms with van der Waals surface area (Å²) in [6, 6.07) is 3.40. The molecule has 2 aromatic heterocycles. The van der Waals surface area contributed by atoms with Crippen molar-refractivity contribution in [3.8, 4) is 5.88 Å². The Morgan fingerprint density at radius 2 is 2.35 bits per heavy atom. The van der Waals surface area contributed by atoms with E-state index in [1.807, 2.05) is 24.6 Å². The Morgan fingerprint density at radius 1 is 1.50 bits per heavy atom. The van der Waals surface area contributed by atoms with Crippen LogP contribution in [0, 0.1) is 0 Å². The smallest absolute Gasteiger partial charge is 0.257 e. The molecule has 1 atom stereocenters. The lowest BCUT2D eigenvalue weighted by Gasteiger charge is -2.15. The van der Waals surface area contributed by atoms with Gasteiger partial charge in [-0.3, -0.25) is 4.79 Å². The minimum Gasteiger partial charge on any atom is -0.477 e. The molecule has 6 heteroatoms. The van der Waals surface area contributed by atoms with Gasteiger partial charge in [0.05, 0.1) is 12.9 Å². The van der Waals surface area contributed by atoms with Crippen LogP contribution in [0.25, 0.3) is 0 Å². The van der Waals surface area contributed by atoms with E-state index < -0.39 is 0 Å². The normalized spacial score (nSPS) is 11.9. The number of hydrogen-bond donors (Lipinski definition) is 1. The van der Waals surface area contributed by atoms with Crippen LogP contribution in [0.4, 0.5) is 0 Å². The Bertz CT molecular complexity index is 554. The first kappa shape index (κ1) is 14.0. The number of nitrogens with zero attached hydrogens (tertiary/aromatic N) is 3. The molecule has 1 amide bonds. The summed E-state index contributed by atoms with van der Waals surface area (Å²) in [4.78, 5) is 20.3. The van der Waals surface area contributed by atoms with Crippen molar-refractivity contribution in [2.45, 2.75) is 26.4 Å². The fourth-order valence-corrected chi connectivity index (χ4v) is 1.87. The van der Waals surface area contributed by atoms with E-state index in [1.165, 1.54) is 0 Å². The number of pyridine rings is 1. The Labute approximate surface area is 117 Å². The molecule has 0 aromatic carbocycles. The van der Waals surface area contributed by atoms with Gasteiger partial charge >= 0.3 is 0 Å². The molecule has 2 heterocycles. The average Bonchev–Trinajstić information content (AvgIpc) is 2.92. The lowest BCUT2D eigenvalue weighted by atomic mass is 10.2. The van der Waals surface area contributed by atoms with Crippen molar-refractivity contribution in [2.75, 3.05) is 6.61 Å². The number of carbonyl (C=O) groups excluding carboxylic acids is 1. The second kappa shape index (κ2) is 6.70. The van der Waals surface area contributed by atoms with E-state index in [-0.39, 0.29) is 11.9 Å². The highest BCUT2D eigenvalue weighted by Gasteiger charge is 2.15. The van der Waals surface area contributed by atoms with Crippen molar-refractivity contribution in [1.82, 2.24) is 19.9 Å². The summed E-state index contributed by atoms with van der Waals surface area (Å²) in [7, 11) is 0. The second-order valence-corrected chi connectivity index (χ2v) is 4.42. The van der Waals surface area contributed by atoms with Gasteiger partial charge in [0.15, 0.2) is 0 Å². The predicted octanol–water partition coefficient (Wildman–Crippen LogP) is 1.50. The first-order valence-electron chi connectivity index (χ1n) is 6.55. The van der Waals surface area contributed by atoms with Gasteiger partial charge in [-0.2, -0.15) is 0 Å². The minimum atomic E-state index is -0.186. The summed E-state index contributed by atoms with van der Waals surface area (Å²) in [5, 5.41) is 2.93. The van der Waals surface area contributed by atoms with Gasteiger partial charge < -0.3 is 14.6 Å². The summed E-state index contributed by atoms with van der Waals surface area (Å²) >= 11 is 0. The number of imidazole rings is 1. The molecule has 0 aliphatic rings. The van der Waals surface area contributed by atoms with Crippen LogP contribution in [0.2, 0.25) is 0 Å². The zero-order valence-electron chi connectivity index (χ0n) is 11.6. The zero-order valence-corrected chi connectivity index (χ0v) is 11.6. The van der Waals surface area contributed by atoms with E-state index in [0.29, 0.717) is 24.6 Å². The van der Waals surface area contributed by atoms with Gasteiger partial charge in [-0.15, -0.1) is 0 Å². The predicted molar refractivity (Wildman–Crippen MR) is 74.6 cm³/mol. The largest absolute Gasteiger partial charge is 0.477 e. The van der Waals surface area contributed by atoms with Gasteiger partial charge in [0.25, 0.3) is 5.91 Å². The number of amides is 1. The maximum Gasteiger partial charge on any atom is 0.257 e. The van der Waals surface area contributed by atoms with Crippen LogP contribution in [-0.4, -0.2) is 33.1 Å². The Hall–Kier alpha value is -2.37. The van der Waals surface area contributed by atoms with E-state index in [9.17, 15) is 4.79 Å². The van der Waals surface area contributed by atoms with Crippen LogP contribution >= 0.6 is 0 Å². The molecular formula is C14H18N4O2. The van der Waals surface area contributed by atoms with Crippen LogP contribution in [0.1, 0.15) is 24.2 Å². The highest BCUT2D eigenvalue weighted by Crippen LogP contribution is 2.14. The maximum absolute atomic E-state index is 12.2. The third-order valence-corrected chi connectivity index (χ3v) is 2.72. The van der Waals surface area contributed by atoms with E-state index >= 15 is 0 Å². The standard InChI is InChI=1S/C14H18N4O2/c1-3-20-14-12(5-4-6-16-14)13(19)17-11(2)9-18-8-7-15-10-18/h4-8,10-11H,3,9H2,1-2H3,(H,17,19). The van der Waals surface area contributed by atoms with Gasteiger partial charge in [0.2, 0.25) is 5.88 Å². The third kappa shape index (κ3) is 3.57. The summed E-state index contributed by atoms with van der Waals surface area (Å²) < 4.78 is 7.27. The minimum absolute atomic E-state index is 0.0219. The highest BCUT2D eigenvalue weighted by atomic mass is 16.5. The summed E-state index contributed by atoms with van der Waals surface area (Å²) in [5.41, 5.74) is 0.451. The van der Waals surface area contributed by atoms with Crippen LogP contribution in [0.3, 0.4) is 0 Å². The van der Waals surface area contributed by atoms with Crippen molar-refractivity contribution >= 4 is 5.91 Å². The molecule has 0 fully saturated rings. The van der Waals surface area contributed by atoms with Crippen LogP contribution in [0.15, 0.2) is 37.1 Å². The molecule has 0 spiro atoms. The third-order valence-electron chi connectivity index (χ3n) is 2.72. The van der Waals surface area contributed by atoms with Crippen LogP contribution in [0.5, 0.6) is 5.88 Å². The van der Waals surface area contributed by atoms with Crippen LogP contribution < -0.4 is 10.1 Å². The van der Waals surface area contributed by atoms with Gasteiger partial charge in [-0.1, -0.05) is 0 Å². The SMILES string of the molecule is CCOc1ncccc1C(=O)NC(C)Cn1ccnc1. The molecule has 2 rings (SSSR count). The molecule has 1 N–H and O–H groups in total. The molecule has 0 aliphatic heterocycles. The zero-order chi connectivity index (χ0) is 14.4. The van der Waals surface area contributed by atoms with Gasteiger partial charge in [-0.25, -0.2) is 9.97 Å². The van der Waals surface area contributed by atoms with Gasteiger partial charge in [-0.05, 0) is 26.0 Å². The van der Waals surface area contributed by atoms with E-state index in [0.717, 1.165) is 0 Å². The Balaban J connectivity index is 2.00. The summed E-state index contributed by atoms with van der Waals surface area (Å²) in [5.74, 6) is 0.177. The quantitative estimate of drug-likeness (QED) is 0.866. The number of ether oxygens (including phenoxy) is 1. The van der Waals surface area contributed by atoms with Gasteiger partial charge in [0, 0.05) is 31.2 Å². The molecule has 1 unspecified atom stereocenters. The first-order valence-corrected chi connectivity index (χ1v) is 6.55. The van der Waals surface area contributed by atoms with Gasteiger partial charge in [0.1, 0.15) is 5.56 Å². The number of carbonyl (C=O) groups is 1. The Kier molecular flexibility index (Phi) is 4.70. The molecule has 0 saturated carbocycles. The van der Waals surface area contributed by atoms with E-state index in [2.05, 4.69) is 15.3 Å². The summed E-state index contributed by atoms with van der Waals surface area (Å²) in [6.45, 7) is 4.94. The molecule has 106 valence electrons. The second-order valence-electron chi connectivity index (χ2n) is 4.42. The van der Waals surface area contributed by atoms with E-state index in [4.69, 9.17) is 4.74 Å². The highest BCUT2D eigenvalue weighted by molar-refractivity contribution is 5.96. The number of nitrogens with one attached hydrogen (secondary N) is 1. The molecule has 2 aromatic rings. The average molecular weight is 274 g/mol. The van der Waals surface area contributed by atoms with Crippen molar-refractivity contribution in [1.29, 1.82) is 0 Å². The molecular weight excluding hydrogens is 256 g/mol. The van der Waals surface area contributed by atoms with Crippen molar-refractivity contribution in [3.63, 3.8) is 0 Å². The maximum atomic E-state index is 12.2. The summed E-state index contributed by atoms with van der Waals surface area (Å²) in [6.07, 6.45) is 6.90. The first-order chi connectivity index (χ1) is 9.70. The molecule has 0 bridgehead atoms. The molecule has 0 saturated heterocycles. The van der Waals surface area contributed by atoms with E-state index in [1.54, 1.807) is 30.9 Å². The Morgan fingerprint density at radius 3 is 3.05 bits per heavy atom. The fourth-order valence-electron chi connectivity index (χ4n) is 1.87. The lowest BCUT2D eigenvalue weighted by Crippen LogP contribution is -2.35. The van der Waals surface area contributed by atoms with Crippen molar-refractivity contribution in [2.24, 2.45) is 0 Å². The molecule has 20 heavy (non-hydrogen) atoms. The molecule has 0 aliphatic carbocycles. The molecule has 6 nitrogen and oxygen atoms in total. The monoisotopic (exact) mass is 274 g/mol. The number of rotatable bonds is 6. The van der Waals surface area contributed by atoms with Crippen molar-refractivity contribution in [3.05, 3.63) is 42.6 Å². The number of aromatic nitrogens is 3.